The smallest absolute Gasteiger partial charge is 0.0954 e. The number of aryl methyl sites for hydroxylation is 1. The van der Waals surface area contributed by atoms with E-state index in [1.165, 1.54) is 11.1 Å². The Hall–Kier alpha value is -3.96. The van der Waals surface area contributed by atoms with E-state index in [-0.39, 0.29) is 6.04 Å². The zero-order valence-electron chi connectivity index (χ0n) is 17.9. The normalized spacial score (nSPS) is 12.4. The quantitative estimate of drug-likeness (QED) is 0.315. The number of hydrogen-bond acceptors (Lipinski definition) is 3. The Bertz CT molecular complexity index is 1580. The molecule has 0 fully saturated rings. The molecule has 3 aromatic carbocycles. The van der Waals surface area contributed by atoms with Crippen LogP contribution < -0.4 is 0 Å². The van der Waals surface area contributed by atoms with E-state index in [9.17, 15) is 0 Å². The number of benzene rings is 3. The van der Waals surface area contributed by atoms with Crippen molar-refractivity contribution in [3.8, 4) is 11.1 Å². The third-order valence-corrected chi connectivity index (χ3v) is 6.31. The Balaban J connectivity index is 1.63. The second-order valence-electron chi connectivity index (χ2n) is 8.24. The minimum atomic E-state index is -0.0361. The van der Waals surface area contributed by atoms with Gasteiger partial charge in [-0.3, -0.25) is 0 Å². The van der Waals surface area contributed by atoms with Crippen LogP contribution in [-0.2, 0) is 0 Å². The van der Waals surface area contributed by atoms with Crippen LogP contribution >= 0.6 is 11.6 Å². The molecule has 6 rings (SSSR count). The molecular formula is C27H20ClN5. The summed E-state index contributed by atoms with van der Waals surface area (Å²) in [4.78, 5) is 4.30. The molecule has 0 saturated carbocycles. The summed E-state index contributed by atoms with van der Waals surface area (Å²) in [5, 5.41) is 10.3. The highest BCUT2D eigenvalue weighted by molar-refractivity contribution is 6.30. The molecule has 5 nitrogen and oxygen atoms in total. The largest absolute Gasteiger partial charge is 0.326 e. The number of imidazole rings is 1. The molecule has 0 N–H and O–H groups in total. The van der Waals surface area contributed by atoms with Gasteiger partial charge >= 0.3 is 0 Å². The van der Waals surface area contributed by atoms with Gasteiger partial charge in [0.15, 0.2) is 0 Å². The zero-order chi connectivity index (χ0) is 22.4. The first-order valence-corrected chi connectivity index (χ1v) is 11.1. The lowest BCUT2D eigenvalue weighted by Gasteiger charge is -2.21. The van der Waals surface area contributed by atoms with Crippen molar-refractivity contribution in [3.05, 3.63) is 119 Å². The summed E-state index contributed by atoms with van der Waals surface area (Å²) in [6.07, 6.45) is 7.45. The van der Waals surface area contributed by atoms with Gasteiger partial charge in [0.1, 0.15) is 0 Å². The number of nitrogens with zero attached hydrogens (tertiary/aromatic N) is 5. The maximum atomic E-state index is 6.18. The summed E-state index contributed by atoms with van der Waals surface area (Å²) < 4.78 is 4.01. The van der Waals surface area contributed by atoms with Crippen LogP contribution in [0.15, 0.2) is 97.7 Å². The molecule has 160 valence electrons. The Morgan fingerprint density at radius 1 is 0.909 bits per heavy atom. The average molecular weight is 450 g/mol. The van der Waals surface area contributed by atoms with Gasteiger partial charge < -0.3 is 4.57 Å². The minimum Gasteiger partial charge on any atom is -0.326 e. The fourth-order valence-corrected chi connectivity index (χ4v) is 4.66. The van der Waals surface area contributed by atoms with Crippen molar-refractivity contribution in [1.29, 1.82) is 0 Å². The molecule has 0 amide bonds. The maximum absolute atomic E-state index is 6.18. The Morgan fingerprint density at radius 3 is 2.55 bits per heavy atom. The van der Waals surface area contributed by atoms with Crippen LogP contribution in [0.2, 0.25) is 5.02 Å². The van der Waals surface area contributed by atoms with Crippen molar-refractivity contribution in [2.45, 2.75) is 13.0 Å². The second-order valence-corrected chi connectivity index (χ2v) is 8.68. The van der Waals surface area contributed by atoms with Crippen molar-refractivity contribution >= 4 is 28.0 Å². The van der Waals surface area contributed by atoms with E-state index in [1.54, 1.807) is 12.4 Å². The first-order chi connectivity index (χ1) is 16.2. The molecule has 0 aliphatic heterocycles. The molecule has 33 heavy (non-hydrogen) atoms. The number of aromatic nitrogens is 5. The monoisotopic (exact) mass is 449 g/mol. The van der Waals surface area contributed by atoms with E-state index >= 15 is 0 Å². The van der Waals surface area contributed by atoms with Crippen LogP contribution in [0, 0.1) is 6.92 Å². The van der Waals surface area contributed by atoms with E-state index in [1.807, 2.05) is 29.2 Å². The highest BCUT2D eigenvalue weighted by Crippen LogP contribution is 2.35. The third kappa shape index (κ3) is 3.47. The van der Waals surface area contributed by atoms with Gasteiger partial charge in [-0.05, 0) is 59.5 Å². The Morgan fingerprint density at radius 2 is 1.76 bits per heavy atom. The predicted octanol–water partition coefficient (Wildman–Crippen LogP) is 6.35. The summed E-state index contributed by atoms with van der Waals surface area (Å²) in [6.45, 7) is 2.12. The molecule has 0 spiro atoms. The maximum Gasteiger partial charge on any atom is 0.0954 e. The lowest BCUT2D eigenvalue weighted by molar-refractivity contribution is 0.677. The van der Waals surface area contributed by atoms with Crippen LogP contribution in [0.4, 0.5) is 0 Å². The Labute approximate surface area is 195 Å². The molecular weight excluding hydrogens is 430 g/mol. The zero-order valence-corrected chi connectivity index (χ0v) is 18.7. The summed E-state index contributed by atoms with van der Waals surface area (Å²) in [5.41, 5.74) is 7.83. The topological polar surface area (TPSA) is 48.0 Å². The number of fused-ring (bicyclic) bond motifs is 3. The van der Waals surface area contributed by atoms with E-state index in [0.717, 1.165) is 38.1 Å². The summed E-state index contributed by atoms with van der Waals surface area (Å²) in [6, 6.07) is 25.3. The van der Waals surface area contributed by atoms with Crippen molar-refractivity contribution in [1.82, 2.24) is 24.4 Å². The van der Waals surface area contributed by atoms with E-state index in [0.29, 0.717) is 0 Å². The average Bonchev–Trinajstić information content (AvgIpc) is 3.52. The Kier molecular flexibility index (Phi) is 4.70. The van der Waals surface area contributed by atoms with Gasteiger partial charge in [0.2, 0.25) is 0 Å². The number of hydrogen-bond donors (Lipinski definition) is 0. The number of halogens is 1. The molecule has 0 aliphatic rings. The van der Waals surface area contributed by atoms with Gasteiger partial charge in [0.05, 0.1) is 29.6 Å². The predicted molar refractivity (Wildman–Crippen MR) is 132 cm³/mol. The van der Waals surface area contributed by atoms with Crippen LogP contribution in [0.5, 0.6) is 0 Å². The summed E-state index contributed by atoms with van der Waals surface area (Å²) in [7, 11) is 0. The van der Waals surface area contributed by atoms with Crippen LogP contribution in [0.25, 0.3) is 27.5 Å². The van der Waals surface area contributed by atoms with Gasteiger partial charge in [0.25, 0.3) is 0 Å². The molecule has 6 aromatic rings. The van der Waals surface area contributed by atoms with E-state index < -0.39 is 0 Å². The summed E-state index contributed by atoms with van der Waals surface area (Å²) >= 11 is 6.18. The van der Waals surface area contributed by atoms with Gasteiger partial charge in [-0.15, -0.1) is 5.10 Å². The van der Waals surface area contributed by atoms with Crippen molar-refractivity contribution in [2.24, 2.45) is 0 Å². The molecule has 3 aromatic heterocycles. The highest BCUT2D eigenvalue weighted by atomic mass is 35.5. The van der Waals surface area contributed by atoms with Crippen molar-refractivity contribution in [2.75, 3.05) is 0 Å². The summed E-state index contributed by atoms with van der Waals surface area (Å²) in [5.74, 6) is 0. The van der Waals surface area contributed by atoms with Gasteiger partial charge in [-0.25, -0.2) is 9.50 Å². The number of rotatable bonds is 4. The molecule has 3 heterocycles. The SMILES string of the molecule is Cc1cccc(-c2cc3cnnn3c3ccc(C(c4ccc(Cl)cc4)n4ccnc4)cc23)c1. The molecule has 0 bridgehead atoms. The van der Waals surface area contributed by atoms with Gasteiger partial charge in [0, 0.05) is 22.8 Å². The first-order valence-electron chi connectivity index (χ1n) is 10.7. The minimum absolute atomic E-state index is 0.0361. The van der Waals surface area contributed by atoms with Crippen molar-refractivity contribution < 1.29 is 0 Å². The molecule has 0 aliphatic carbocycles. The van der Waals surface area contributed by atoms with E-state index in [2.05, 4.69) is 87.5 Å². The van der Waals surface area contributed by atoms with Crippen molar-refractivity contribution in [3.63, 3.8) is 0 Å². The first kappa shape index (κ1) is 19.7. The lowest BCUT2D eigenvalue weighted by Crippen LogP contribution is -2.11. The second kappa shape index (κ2) is 7.87. The van der Waals surface area contributed by atoms with Gasteiger partial charge in [-0.2, -0.15) is 0 Å². The van der Waals surface area contributed by atoms with Crippen LogP contribution in [0.3, 0.4) is 0 Å². The fourth-order valence-electron chi connectivity index (χ4n) is 4.53. The van der Waals surface area contributed by atoms with E-state index in [4.69, 9.17) is 11.6 Å². The standard InChI is InChI=1S/C27H20ClN5/c1-18-3-2-4-20(13-18)24-15-23-16-30-31-33(23)26-10-7-21(14-25(24)26)27(32-12-11-29-17-32)19-5-8-22(28)9-6-19/h2-17,27H,1H3. The van der Waals surface area contributed by atoms with Gasteiger partial charge in [-0.1, -0.05) is 64.8 Å². The number of pyridine rings is 1. The van der Waals surface area contributed by atoms with Crippen LogP contribution in [0.1, 0.15) is 22.7 Å². The van der Waals surface area contributed by atoms with Crippen LogP contribution in [-0.4, -0.2) is 24.4 Å². The third-order valence-electron chi connectivity index (χ3n) is 6.06. The highest BCUT2D eigenvalue weighted by Gasteiger charge is 2.19. The molecule has 6 heteroatoms. The molecule has 1 atom stereocenters. The lowest BCUT2D eigenvalue weighted by atomic mass is 9.93. The fraction of sp³-hybridized carbons (Fsp3) is 0.0741. The molecule has 1 unspecified atom stereocenters. The molecule has 0 radical (unpaired) electrons. The molecule has 0 saturated heterocycles.